The number of hydrogen-bond acceptors (Lipinski definition) is 3. The van der Waals surface area contributed by atoms with Crippen molar-refractivity contribution in [2.24, 2.45) is 5.92 Å². The monoisotopic (exact) mass is 361 g/mol. The van der Waals surface area contributed by atoms with Crippen LogP contribution in [0, 0.1) is 11.7 Å². The van der Waals surface area contributed by atoms with E-state index in [0.29, 0.717) is 31.0 Å². The summed E-state index contributed by atoms with van der Waals surface area (Å²) < 4.78 is 12.8. The molecule has 0 bridgehead atoms. The van der Waals surface area contributed by atoms with E-state index in [0.717, 1.165) is 38.4 Å². The predicted molar refractivity (Wildman–Crippen MR) is 98.3 cm³/mol. The maximum absolute atomic E-state index is 12.8. The molecule has 5 nitrogen and oxygen atoms in total. The van der Waals surface area contributed by atoms with Crippen LogP contribution in [0.4, 0.5) is 4.39 Å². The Morgan fingerprint density at radius 3 is 2.42 bits per heavy atom. The fraction of sp³-hybridized carbons (Fsp3) is 0.600. The number of amides is 2. The maximum Gasteiger partial charge on any atom is 0.251 e. The van der Waals surface area contributed by atoms with Crippen LogP contribution in [0.5, 0.6) is 0 Å². The Kier molecular flexibility index (Phi) is 6.61. The summed E-state index contributed by atoms with van der Waals surface area (Å²) in [5, 5.41) is 6.39. The molecule has 2 N–H and O–H groups in total. The molecule has 1 saturated carbocycles. The molecule has 6 heteroatoms. The molecule has 1 saturated heterocycles. The molecule has 2 fully saturated rings. The standard InChI is InChI=1S/C20H28FN3O2/c21-17-7-5-16(6-8-17)20(26)22-11-1-2-19(25)24-12-9-18(10-13-24)23-14-15-3-4-15/h5-8,15,18,23H,1-4,9-14H2,(H,22,26). The van der Waals surface area contributed by atoms with Crippen LogP contribution in [0.25, 0.3) is 0 Å². The van der Waals surface area contributed by atoms with Gasteiger partial charge in [-0.05, 0) is 68.8 Å². The summed E-state index contributed by atoms with van der Waals surface area (Å²) >= 11 is 0. The minimum Gasteiger partial charge on any atom is -0.352 e. The van der Waals surface area contributed by atoms with Crippen LogP contribution in [0.15, 0.2) is 24.3 Å². The minimum absolute atomic E-state index is 0.168. The molecule has 1 aliphatic carbocycles. The highest BCUT2D eigenvalue weighted by molar-refractivity contribution is 5.94. The number of likely N-dealkylation sites (tertiary alicyclic amines) is 1. The number of hydrogen-bond donors (Lipinski definition) is 2. The third-order valence-electron chi connectivity index (χ3n) is 5.20. The van der Waals surface area contributed by atoms with Gasteiger partial charge >= 0.3 is 0 Å². The zero-order valence-corrected chi connectivity index (χ0v) is 15.2. The first kappa shape index (κ1) is 18.8. The van der Waals surface area contributed by atoms with Crippen LogP contribution in [0.1, 0.15) is 48.9 Å². The molecule has 1 aromatic rings. The number of benzene rings is 1. The van der Waals surface area contributed by atoms with E-state index in [-0.39, 0.29) is 17.6 Å². The minimum atomic E-state index is -0.362. The van der Waals surface area contributed by atoms with Crippen molar-refractivity contribution in [3.05, 3.63) is 35.6 Å². The number of nitrogens with zero attached hydrogens (tertiary/aromatic N) is 1. The molecular weight excluding hydrogens is 333 g/mol. The molecule has 142 valence electrons. The lowest BCUT2D eigenvalue weighted by atomic mass is 10.0. The summed E-state index contributed by atoms with van der Waals surface area (Å²) in [4.78, 5) is 26.1. The van der Waals surface area contributed by atoms with Gasteiger partial charge in [0.2, 0.25) is 5.91 Å². The molecule has 26 heavy (non-hydrogen) atoms. The Bertz CT molecular complexity index is 608. The highest BCUT2D eigenvalue weighted by Gasteiger charge is 2.25. The van der Waals surface area contributed by atoms with E-state index in [1.165, 1.54) is 37.1 Å². The smallest absolute Gasteiger partial charge is 0.251 e. The molecule has 2 amide bonds. The molecule has 0 aromatic heterocycles. The Hall–Kier alpha value is -1.95. The summed E-state index contributed by atoms with van der Waals surface area (Å²) in [7, 11) is 0. The van der Waals surface area contributed by atoms with Gasteiger partial charge in [0.15, 0.2) is 0 Å². The summed E-state index contributed by atoms with van der Waals surface area (Å²) in [5.74, 6) is 0.458. The molecule has 1 aliphatic heterocycles. The van der Waals surface area contributed by atoms with Crippen molar-refractivity contribution in [3.8, 4) is 0 Å². The number of halogens is 1. The van der Waals surface area contributed by atoms with Crippen molar-refractivity contribution in [3.63, 3.8) is 0 Å². The highest BCUT2D eigenvalue weighted by Crippen LogP contribution is 2.28. The second kappa shape index (κ2) is 9.12. The van der Waals surface area contributed by atoms with Gasteiger partial charge in [-0.25, -0.2) is 4.39 Å². The van der Waals surface area contributed by atoms with Gasteiger partial charge in [0.05, 0.1) is 0 Å². The average molecular weight is 361 g/mol. The molecule has 1 aromatic carbocycles. The van der Waals surface area contributed by atoms with Gasteiger partial charge in [0.1, 0.15) is 5.82 Å². The molecule has 0 unspecified atom stereocenters. The van der Waals surface area contributed by atoms with Crippen molar-refractivity contribution >= 4 is 11.8 Å². The van der Waals surface area contributed by atoms with Crippen molar-refractivity contribution in [2.45, 2.75) is 44.6 Å². The van der Waals surface area contributed by atoms with Crippen LogP contribution in [-0.2, 0) is 4.79 Å². The summed E-state index contributed by atoms with van der Waals surface area (Å²) in [5.41, 5.74) is 0.429. The fourth-order valence-electron chi connectivity index (χ4n) is 3.29. The van der Waals surface area contributed by atoms with E-state index in [1.54, 1.807) is 0 Å². The molecule has 0 atom stereocenters. The average Bonchev–Trinajstić information content (AvgIpc) is 3.48. The summed E-state index contributed by atoms with van der Waals surface area (Å²) in [6.07, 6.45) is 5.85. The van der Waals surface area contributed by atoms with Crippen molar-refractivity contribution in [1.29, 1.82) is 0 Å². The van der Waals surface area contributed by atoms with Crippen LogP contribution in [0.3, 0.4) is 0 Å². The van der Waals surface area contributed by atoms with Gasteiger partial charge in [-0.15, -0.1) is 0 Å². The maximum atomic E-state index is 12.8. The largest absolute Gasteiger partial charge is 0.352 e. The highest BCUT2D eigenvalue weighted by atomic mass is 19.1. The molecular formula is C20H28FN3O2. The lowest BCUT2D eigenvalue weighted by Gasteiger charge is -2.32. The summed E-state index contributed by atoms with van der Waals surface area (Å²) in [6.45, 7) is 3.22. The Balaban J connectivity index is 1.28. The van der Waals surface area contributed by atoms with E-state index >= 15 is 0 Å². The van der Waals surface area contributed by atoms with Gasteiger partial charge < -0.3 is 15.5 Å². The number of rotatable bonds is 8. The second-order valence-corrected chi connectivity index (χ2v) is 7.37. The van der Waals surface area contributed by atoms with E-state index in [2.05, 4.69) is 10.6 Å². The molecule has 0 spiro atoms. The lowest BCUT2D eigenvalue weighted by molar-refractivity contribution is -0.132. The third-order valence-corrected chi connectivity index (χ3v) is 5.20. The van der Waals surface area contributed by atoms with E-state index in [9.17, 15) is 14.0 Å². The zero-order chi connectivity index (χ0) is 18.4. The molecule has 2 aliphatic rings. The van der Waals surface area contributed by atoms with Crippen LogP contribution in [-0.4, -0.2) is 48.9 Å². The van der Waals surface area contributed by atoms with Crippen LogP contribution >= 0.6 is 0 Å². The van der Waals surface area contributed by atoms with Gasteiger partial charge in [0, 0.05) is 37.7 Å². The van der Waals surface area contributed by atoms with E-state index < -0.39 is 0 Å². The molecule has 1 heterocycles. The van der Waals surface area contributed by atoms with Crippen LogP contribution in [0.2, 0.25) is 0 Å². The van der Waals surface area contributed by atoms with E-state index in [1.807, 2.05) is 4.90 Å². The van der Waals surface area contributed by atoms with Gasteiger partial charge in [-0.1, -0.05) is 0 Å². The van der Waals surface area contributed by atoms with Gasteiger partial charge in [-0.2, -0.15) is 0 Å². The predicted octanol–water partition coefficient (Wildman–Crippen LogP) is 2.33. The first-order valence-corrected chi connectivity index (χ1v) is 9.67. The third kappa shape index (κ3) is 5.80. The zero-order valence-electron chi connectivity index (χ0n) is 15.2. The molecule has 0 radical (unpaired) electrons. The fourth-order valence-corrected chi connectivity index (χ4v) is 3.29. The Morgan fingerprint density at radius 2 is 1.77 bits per heavy atom. The SMILES string of the molecule is O=C(NCCCC(=O)N1CCC(NCC2CC2)CC1)c1ccc(F)cc1. The Morgan fingerprint density at radius 1 is 1.08 bits per heavy atom. The number of carbonyl (C=O) groups is 2. The first-order chi connectivity index (χ1) is 12.6. The number of piperidine rings is 1. The van der Waals surface area contributed by atoms with E-state index in [4.69, 9.17) is 0 Å². The van der Waals surface area contributed by atoms with Crippen molar-refractivity contribution in [1.82, 2.24) is 15.5 Å². The second-order valence-electron chi connectivity index (χ2n) is 7.37. The quantitative estimate of drug-likeness (QED) is 0.699. The van der Waals surface area contributed by atoms with Gasteiger partial charge in [-0.3, -0.25) is 9.59 Å². The molecule has 3 rings (SSSR count). The van der Waals surface area contributed by atoms with Crippen LogP contribution < -0.4 is 10.6 Å². The summed E-state index contributed by atoms with van der Waals surface area (Å²) in [6, 6.07) is 5.99. The van der Waals surface area contributed by atoms with Crippen molar-refractivity contribution in [2.75, 3.05) is 26.2 Å². The topological polar surface area (TPSA) is 61.4 Å². The van der Waals surface area contributed by atoms with Gasteiger partial charge in [0.25, 0.3) is 5.91 Å². The number of nitrogens with one attached hydrogen (secondary N) is 2. The lowest BCUT2D eigenvalue weighted by Crippen LogP contribution is -2.45. The van der Waals surface area contributed by atoms with Crippen molar-refractivity contribution < 1.29 is 14.0 Å². The first-order valence-electron chi connectivity index (χ1n) is 9.67. The number of carbonyl (C=O) groups excluding carboxylic acids is 2. The normalized spacial score (nSPS) is 18.0. The Labute approximate surface area is 154 Å².